The van der Waals surface area contributed by atoms with E-state index in [1.54, 1.807) is 6.20 Å². The normalized spacial score (nSPS) is 10.5. The van der Waals surface area contributed by atoms with Gasteiger partial charge < -0.3 is 10.5 Å². The molecule has 0 spiro atoms. The molecule has 3 nitrogen and oxygen atoms in total. The summed E-state index contributed by atoms with van der Waals surface area (Å²) in [5, 5.41) is 0.956. The third-order valence-corrected chi connectivity index (χ3v) is 3.51. The standard InChI is InChI=1S/C17H14N2OS/c1-11-5-2-6-13(17(18)21)16(11)20-15-9-3-8-14-12(15)7-4-10-19-14/h2-10H,1H3,(H2,18,21). The quantitative estimate of drug-likeness (QED) is 0.743. The molecule has 3 aromatic rings. The van der Waals surface area contributed by atoms with Crippen molar-refractivity contribution in [2.75, 3.05) is 0 Å². The Morgan fingerprint density at radius 1 is 1.10 bits per heavy atom. The lowest BCUT2D eigenvalue weighted by atomic mass is 10.1. The summed E-state index contributed by atoms with van der Waals surface area (Å²) in [6.45, 7) is 1.97. The number of nitrogens with two attached hydrogens (primary N) is 1. The van der Waals surface area contributed by atoms with Gasteiger partial charge in [-0.3, -0.25) is 4.98 Å². The lowest BCUT2D eigenvalue weighted by Gasteiger charge is -2.14. The monoisotopic (exact) mass is 294 g/mol. The molecule has 0 aliphatic rings. The Bertz CT molecular complexity index is 825. The van der Waals surface area contributed by atoms with Gasteiger partial charge in [-0.25, -0.2) is 0 Å². The lowest BCUT2D eigenvalue weighted by Crippen LogP contribution is -2.11. The Kier molecular flexibility index (Phi) is 3.54. The first kappa shape index (κ1) is 13.5. The fraction of sp³-hybridized carbons (Fsp3) is 0.0588. The molecule has 0 fully saturated rings. The second-order valence-corrected chi connectivity index (χ2v) is 5.18. The van der Waals surface area contributed by atoms with Crippen LogP contribution in [0, 0.1) is 6.92 Å². The van der Waals surface area contributed by atoms with E-state index in [1.807, 2.05) is 55.5 Å². The first-order valence-corrected chi connectivity index (χ1v) is 6.98. The van der Waals surface area contributed by atoms with Crippen molar-refractivity contribution >= 4 is 28.1 Å². The summed E-state index contributed by atoms with van der Waals surface area (Å²) in [4.78, 5) is 4.66. The van der Waals surface area contributed by atoms with E-state index < -0.39 is 0 Å². The van der Waals surface area contributed by atoms with Gasteiger partial charge in [0.15, 0.2) is 0 Å². The molecule has 0 saturated heterocycles. The molecular formula is C17H14N2OS. The summed E-state index contributed by atoms with van der Waals surface area (Å²) in [7, 11) is 0. The number of ether oxygens (including phenoxy) is 1. The van der Waals surface area contributed by atoms with Crippen molar-refractivity contribution in [3.05, 3.63) is 65.9 Å². The molecular weight excluding hydrogens is 280 g/mol. The van der Waals surface area contributed by atoms with E-state index in [4.69, 9.17) is 22.7 Å². The zero-order chi connectivity index (χ0) is 14.8. The molecule has 0 unspecified atom stereocenters. The van der Waals surface area contributed by atoms with Gasteiger partial charge in [-0.15, -0.1) is 0 Å². The second kappa shape index (κ2) is 5.50. The molecule has 21 heavy (non-hydrogen) atoms. The van der Waals surface area contributed by atoms with E-state index in [-0.39, 0.29) is 0 Å². The maximum Gasteiger partial charge on any atom is 0.140 e. The summed E-state index contributed by atoms with van der Waals surface area (Å²) in [5.41, 5.74) is 8.41. The zero-order valence-corrected chi connectivity index (χ0v) is 12.4. The number of thiocarbonyl (C=S) groups is 1. The van der Waals surface area contributed by atoms with Crippen molar-refractivity contribution in [2.45, 2.75) is 6.92 Å². The third kappa shape index (κ3) is 2.58. The summed E-state index contributed by atoms with van der Waals surface area (Å²) in [6, 6.07) is 15.4. The van der Waals surface area contributed by atoms with E-state index in [9.17, 15) is 0 Å². The summed E-state index contributed by atoms with van der Waals surface area (Å²) < 4.78 is 6.11. The number of fused-ring (bicyclic) bond motifs is 1. The van der Waals surface area contributed by atoms with Crippen molar-refractivity contribution in [1.29, 1.82) is 0 Å². The second-order valence-electron chi connectivity index (χ2n) is 4.74. The molecule has 104 valence electrons. The molecule has 0 radical (unpaired) electrons. The number of hydrogen-bond donors (Lipinski definition) is 1. The molecule has 0 bridgehead atoms. The van der Waals surface area contributed by atoms with Crippen LogP contribution >= 0.6 is 12.2 Å². The maximum atomic E-state index is 6.11. The molecule has 0 amide bonds. The van der Waals surface area contributed by atoms with Gasteiger partial charge in [0, 0.05) is 11.6 Å². The van der Waals surface area contributed by atoms with Crippen molar-refractivity contribution in [1.82, 2.24) is 4.98 Å². The van der Waals surface area contributed by atoms with E-state index in [0.717, 1.165) is 27.8 Å². The minimum absolute atomic E-state index is 0.326. The van der Waals surface area contributed by atoms with Gasteiger partial charge in [0.2, 0.25) is 0 Å². The summed E-state index contributed by atoms with van der Waals surface area (Å²) >= 11 is 5.11. The Hall–Kier alpha value is -2.46. The molecule has 0 saturated carbocycles. The molecule has 0 atom stereocenters. The Morgan fingerprint density at radius 2 is 1.90 bits per heavy atom. The fourth-order valence-electron chi connectivity index (χ4n) is 2.26. The van der Waals surface area contributed by atoms with Crippen LogP contribution in [0.3, 0.4) is 0 Å². The molecule has 1 aromatic heterocycles. The zero-order valence-electron chi connectivity index (χ0n) is 11.5. The molecule has 1 heterocycles. The van der Waals surface area contributed by atoms with Gasteiger partial charge in [0.25, 0.3) is 0 Å². The van der Waals surface area contributed by atoms with Crippen LogP contribution in [0.5, 0.6) is 11.5 Å². The maximum absolute atomic E-state index is 6.11. The van der Waals surface area contributed by atoms with Crippen LogP contribution in [0.2, 0.25) is 0 Å². The summed E-state index contributed by atoms with van der Waals surface area (Å²) in [5.74, 6) is 1.44. The summed E-state index contributed by atoms with van der Waals surface area (Å²) in [6.07, 6.45) is 1.76. The van der Waals surface area contributed by atoms with Crippen molar-refractivity contribution in [3.63, 3.8) is 0 Å². The largest absolute Gasteiger partial charge is 0.456 e. The number of rotatable bonds is 3. The van der Waals surface area contributed by atoms with Crippen LogP contribution < -0.4 is 10.5 Å². The Labute approximate surface area is 128 Å². The average molecular weight is 294 g/mol. The highest BCUT2D eigenvalue weighted by atomic mass is 32.1. The number of aryl methyl sites for hydroxylation is 1. The fourth-order valence-corrected chi connectivity index (χ4v) is 2.42. The van der Waals surface area contributed by atoms with Crippen LogP contribution in [0.4, 0.5) is 0 Å². The highest BCUT2D eigenvalue weighted by molar-refractivity contribution is 7.80. The van der Waals surface area contributed by atoms with Gasteiger partial charge in [-0.2, -0.15) is 0 Å². The molecule has 3 rings (SSSR count). The van der Waals surface area contributed by atoms with E-state index >= 15 is 0 Å². The number of para-hydroxylation sites is 1. The highest BCUT2D eigenvalue weighted by Crippen LogP contribution is 2.33. The van der Waals surface area contributed by atoms with Crippen LogP contribution in [0.15, 0.2) is 54.7 Å². The van der Waals surface area contributed by atoms with E-state index in [0.29, 0.717) is 10.7 Å². The van der Waals surface area contributed by atoms with Crippen LogP contribution in [0.1, 0.15) is 11.1 Å². The van der Waals surface area contributed by atoms with Gasteiger partial charge >= 0.3 is 0 Å². The van der Waals surface area contributed by atoms with Crippen LogP contribution in [-0.4, -0.2) is 9.97 Å². The molecule has 2 N–H and O–H groups in total. The lowest BCUT2D eigenvalue weighted by molar-refractivity contribution is 0.483. The van der Waals surface area contributed by atoms with Crippen LogP contribution in [-0.2, 0) is 0 Å². The predicted molar refractivity (Wildman–Crippen MR) is 88.9 cm³/mol. The molecule has 0 aliphatic carbocycles. The highest BCUT2D eigenvalue weighted by Gasteiger charge is 2.12. The third-order valence-electron chi connectivity index (χ3n) is 3.30. The predicted octanol–water partition coefficient (Wildman–Crippen LogP) is 3.97. The van der Waals surface area contributed by atoms with Crippen molar-refractivity contribution in [2.24, 2.45) is 5.73 Å². The van der Waals surface area contributed by atoms with Gasteiger partial charge in [-0.05, 0) is 42.8 Å². The smallest absolute Gasteiger partial charge is 0.140 e. The minimum atomic E-state index is 0.326. The first-order chi connectivity index (χ1) is 10.2. The number of benzene rings is 2. The Morgan fingerprint density at radius 3 is 2.71 bits per heavy atom. The van der Waals surface area contributed by atoms with Crippen molar-refractivity contribution < 1.29 is 4.74 Å². The number of pyridine rings is 1. The first-order valence-electron chi connectivity index (χ1n) is 6.58. The molecule has 2 aromatic carbocycles. The average Bonchev–Trinajstić information content (AvgIpc) is 2.49. The minimum Gasteiger partial charge on any atom is -0.456 e. The topological polar surface area (TPSA) is 48.1 Å². The molecule has 4 heteroatoms. The number of aromatic nitrogens is 1. The van der Waals surface area contributed by atoms with Gasteiger partial charge in [0.1, 0.15) is 16.5 Å². The van der Waals surface area contributed by atoms with Gasteiger partial charge in [-0.1, -0.05) is 30.4 Å². The van der Waals surface area contributed by atoms with E-state index in [1.165, 1.54) is 0 Å². The SMILES string of the molecule is Cc1cccc(C(N)=S)c1Oc1cccc2ncccc12. The van der Waals surface area contributed by atoms with Crippen LogP contribution in [0.25, 0.3) is 10.9 Å². The number of hydrogen-bond acceptors (Lipinski definition) is 3. The molecule has 0 aliphatic heterocycles. The Balaban J connectivity index is 2.13. The van der Waals surface area contributed by atoms with Crippen molar-refractivity contribution in [3.8, 4) is 11.5 Å². The van der Waals surface area contributed by atoms with E-state index in [2.05, 4.69) is 4.98 Å². The number of nitrogens with zero attached hydrogens (tertiary/aromatic N) is 1. The van der Waals surface area contributed by atoms with Gasteiger partial charge in [0.05, 0.1) is 11.1 Å².